The van der Waals surface area contributed by atoms with Gasteiger partial charge in [-0.25, -0.2) is 4.79 Å². The van der Waals surface area contributed by atoms with Crippen molar-refractivity contribution in [3.05, 3.63) is 29.8 Å². The number of carbonyl (C=O) groups excluding carboxylic acids is 1. The number of thioether (sulfide) groups is 1. The second-order valence-electron chi connectivity index (χ2n) is 4.88. The lowest BCUT2D eigenvalue weighted by atomic mass is 10.1. The SMILES string of the molecule is O=C(O)C1COCCN1C(=O)C1Cc2ccccc2S1. The molecule has 0 aromatic heterocycles. The Bertz CT molecular complexity index is 523. The number of carbonyl (C=O) groups is 2. The number of benzene rings is 1. The molecule has 0 saturated carbocycles. The van der Waals surface area contributed by atoms with E-state index in [9.17, 15) is 14.7 Å². The lowest BCUT2D eigenvalue weighted by molar-refractivity contribution is -0.158. The second kappa shape index (κ2) is 5.46. The van der Waals surface area contributed by atoms with Crippen molar-refractivity contribution >= 4 is 23.6 Å². The van der Waals surface area contributed by atoms with Crippen LogP contribution in [0.2, 0.25) is 0 Å². The minimum Gasteiger partial charge on any atom is -0.480 e. The Morgan fingerprint density at radius 3 is 2.90 bits per heavy atom. The number of carboxylic acids is 1. The Balaban J connectivity index is 1.75. The van der Waals surface area contributed by atoms with E-state index >= 15 is 0 Å². The molecule has 2 heterocycles. The van der Waals surface area contributed by atoms with Gasteiger partial charge in [0.25, 0.3) is 0 Å². The van der Waals surface area contributed by atoms with Gasteiger partial charge < -0.3 is 14.7 Å². The van der Waals surface area contributed by atoms with Crippen LogP contribution in [0.15, 0.2) is 29.2 Å². The number of hydrogen-bond acceptors (Lipinski definition) is 4. The summed E-state index contributed by atoms with van der Waals surface area (Å²) in [6, 6.07) is 7.07. The molecule has 2 unspecified atom stereocenters. The summed E-state index contributed by atoms with van der Waals surface area (Å²) in [4.78, 5) is 26.4. The summed E-state index contributed by atoms with van der Waals surface area (Å²) in [6.07, 6.45) is 0.670. The fourth-order valence-electron chi connectivity index (χ4n) is 2.58. The Morgan fingerprint density at radius 1 is 1.35 bits per heavy atom. The van der Waals surface area contributed by atoms with Crippen LogP contribution < -0.4 is 0 Å². The van der Waals surface area contributed by atoms with E-state index in [2.05, 4.69) is 0 Å². The summed E-state index contributed by atoms with van der Waals surface area (Å²) < 4.78 is 5.17. The standard InChI is InChI=1S/C14H15NO4S/c16-13(15-5-6-19-8-10(15)14(17)18)12-7-9-3-1-2-4-11(9)20-12/h1-4,10,12H,5-8H2,(H,17,18). The molecule has 0 radical (unpaired) electrons. The maximum absolute atomic E-state index is 12.6. The molecule has 20 heavy (non-hydrogen) atoms. The minimum absolute atomic E-state index is 0.0748. The van der Waals surface area contributed by atoms with E-state index in [1.54, 1.807) is 0 Å². The van der Waals surface area contributed by atoms with Crippen LogP contribution in [0.3, 0.4) is 0 Å². The van der Waals surface area contributed by atoms with Crippen molar-refractivity contribution in [3.63, 3.8) is 0 Å². The molecule has 1 aromatic carbocycles. The Hall–Kier alpha value is -1.53. The smallest absolute Gasteiger partial charge is 0.328 e. The van der Waals surface area contributed by atoms with Crippen LogP contribution in [0, 0.1) is 0 Å². The molecule has 1 N–H and O–H groups in total. The largest absolute Gasteiger partial charge is 0.480 e. The van der Waals surface area contributed by atoms with Gasteiger partial charge in [-0.3, -0.25) is 4.79 Å². The molecule has 6 heteroatoms. The first-order valence-electron chi connectivity index (χ1n) is 6.52. The number of hydrogen-bond donors (Lipinski definition) is 1. The zero-order chi connectivity index (χ0) is 14.1. The van der Waals surface area contributed by atoms with Crippen LogP contribution in [0.1, 0.15) is 5.56 Å². The van der Waals surface area contributed by atoms with E-state index in [1.807, 2.05) is 24.3 Å². The summed E-state index contributed by atoms with van der Waals surface area (Å²) in [5, 5.41) is 8.98. The first-order valence-corrected chi connectivity index (χ1v) is 7.40. The van der Waals surface area contributed by atoms with Crippen LogP contribution in [0.25, 0.3) is 0 Å². The molecule has 2 atom stereocenters. The Kier molecular flexibility index (Phi) is 3.67. The summed E-state index contributed by atoms with van der Waals surface area (Å²) in [6.45, 7) is 0.828. The van der Waals surface area contributed by atoms with Gasteiger partial charge in [0.15, 0.2) is 6.04 Å². The van der Waals surface area contributed by atoms with Gasteiger partial charge in [0.05, 0.1) is 18.5 Å². The molecule has 1 fully saturated rings. The van der Waals surface area contributed by atoms with E-state index in [1.165, 1.54) is 16.7 Å². The molecule has 0 aliphatic carbocycles. The van der Waals surface area contributed by atoms with Crippen LogP contribution >= 0.6 is 11.8 Å². The number of ether oxygens (including phenoxy) is 1. The molecular formula is C14H15NO4S. The van der Waals surface area contributed by atoms with E-state index in [0.717, 1.165) is 10.5 Å². The van der Waals surface area contributed by atoms with Gasteiger partial charge in [-0.1, -0.05) is 18.2 Å². The van der Waals surface area contributed by atoms with E-state index < -0.39 is 12.0 Å². The monoisotopic (exact) mass is 293 g/mol. The molecule has 2 aliphatic heterocycles. The highest BCUT2D eigenvalue weighted by molar-refractivity contribution is 8.01. The number of rotatable bonds is 2. The van der Waals surface area contributed by atoms with Gasteiger partial charge in [0.1, 0.15) is 0 Å². The number of amides is 1. The molecule has 2 aliphatic rings. The number of fused-ring (bicyclic) bond motifs is 1. The van der Waals surface area contributed by atoms with Crippen LogP contribution in [-0.4, -0.2) is 52.9 Å². The van der Waals surface area contributed by atoms with Gasteiger partial charge in [-0.15, -0.1) is 11.8 Å². The van der Waals surface area contributed by atoms with E-state index in [4.69, 9.17) is 4.74 Å². The summed E-state index contributed by atoms with van der Waals surface area (Å²) >= 11 is 1.53. The van der Waals surface area contributed by atoms with Crippen molar-refractivity contribution in [3.8, 4) is 0 Å². The maximum Gasteiger partial charge on any atom is 0.328 e. The fourth-order valence-corrected chi connectivity index (χ4v) is 3.84. The predicted molar refractivity (Wildman–Crippen MR) is 73.7 cm³/mol. The van der Waals surface area contributed by atoms with Crippen molar-refractivity contribution in [2.24, 2.45) is 0 Å². The third-order valence-electron chi connectivity index (χ3n) is 3.62. The zero-order valence-electron chi connectivity index (χ0n) is 10.8. The summed E-state index contributed by atoms with van der Waals surface area (Å²) in [5.41, 5.74) is 1.16. The lowest BCUT2D eigenvalue weighted by Gasteiger charge is -2.34. The van der Waals surface area contributed by atoms with Crippen LogP contribution in [0.5, 0.6) is 0 Å². The Labute approximate surface area is 120 Å². The molecule has 3 rings (SSSR count). The molecule has 5 nitrogen and oxygen atoms in total. The molecule has 0 spiro atoms. The number of nitrogens with zero attached hydrogens (tertiary/aromatic N) is 1. The Morgan fingerprint density at radius 2 is 2.15 bits per heavy atom. The highest BCUT2D eigenvalue weighted by Gasteiger charge is 2.38. The van der Waals surface area contributed by atoms with E-state index in [-0.39, 0.29) is 17.8 Å². The predicted octanol–water partition coefficient (Wildman–Crippen LogP) is 1.02. The van der Waals surface area contributed by atoms with Crippen LogP contribution in [-0.2, 0) is 20.7 Å². The second-order valence-corrected chi connectivity index (χ2v) is 6.12. The van der Waals surface area contributed by atoms with Gasteiger partial charge in [-0.2, -0.15) is 0 Å². The average Bonchev–Trinajstić information content (AvgIpc) is 2.90. The lowest BCUT2D eigenvalue weighted by Crippen LogP contribution is -2.54. The fraction of sp³-hybridized carbons (Fsp3) is 0.429. The van der Waals surface area contributed by atoms with Gasteiger partial charge in [0.2, 0.25) is 5.91 Å². The minimum atomic E-state index is -1.00. The number of carboxylic acid groups (broad SMARTS) is 1. The number of morpholine rings is 1. The highest BCUT2D eigenvalue weighted by atomic mass is 32.2. The first kappa shape index (κ1) is 13.5. The van der Waals surface area contributed by atoms with Crippen molar-refractivity contribution in [1.82, 2.24) is 4.90 Å². The van der Waals surface area contributed by atoms with Crippen LogP contribution in [0.4, 0.5) is 0 Å². The van der Waals surface area contributed by atoms with Gasteiger partial charge in [-0.05, 0) is 18.1 Å². The quantitative estimate of drug-likeness (QED) is 0.881. The molecule has 1 aromatic rings. The molecule has 1 saturated heterocycles. The maximum atomic E-state index is 12.6. The normalized spacial score (nSPS) is 25.3. The third-order valence-corrected chi connectivity index (χ3v) is 4.92. The zero-order valence-corrected chi connectivity index (χ0v) is 11.6. The highest BCUT2D eigenvalue weighted by Crippen LogP contribution is 2.37. The average molecular weight is 293 g/mol. The molecular weight excluding hydrogens is 278 g/mol. The van der Waals surface area contributed by atoms with Crippen molar-refractivity contribution in [1.29, 1.82) is 0 Å². The molecule has 1 amide bonds. The van der Waals surface area contributed by atoms with Gasteiger partial charge >= 0.3 is 5.97 Å². The molecule has 0 bridgehead atoms. The topological polar surface area (TPSA) is 66.8 Å². The number of aliphatic carboxylic acids is 1. The van der Waals surface area contributed by atoms with Crippen molar-refractivity contribution < 1.29 is 19.4 Å². The van der Waals surface area contributed by atoms with Gasteiger partial charge in [0, 0.05) is 11.4 Å². The summed E-state index contributed by atoms with van der Waals surface area (Å²) in [7, 11) is 0. The van der Waals surface area contributed by atoms with E-state index in [0.29, 0.717) is 19.6 Å². The molecule has 106 valence electrons. The first-order chi connectivity index (χ1) is 9.66. The third kappa shape index (κ3) is 2.41. The van der Waals surface area contributed by atoms with Crippen molar-refractivity contribution in [2.75, 3.05) is 19.8 Å². The summed E-state index contributed by atoms with van der Waals surface area (Å²) in [5.74, 6) is -1.10. The van der Waals surface area contributed by atoms with Crippen molar-refractivity contribution in [2.45, 2.75) is 22.6 Å².